The summed E-state index contributed by atoms with van der Waals surface area (Å²) in [6.45, 7) is 3.61. The van der Waals surface area contributed by atoms with Crippen molar-refractivity contribution < 1.29 is 32.4 Å². The third kappa shape index (κ3) is 9.38. The second-order valence-electron chi connectivity index (χ2n) is 10.3. The van der Waals surface area contributed by atoms with Crippen molar-refractivity contribution in [3.05, 3.63) is 89.7 Å². The summed E-state index contributed by atoms with van der Waals surface area (Å²) in [5.41, 5.74) is 1.58. The molecular weight excluding hydrogens is 605 g/mol. The molecule has 0 saturated carbocycles. The first-order valence-corrected chi connectivity index (χ1v) is 16.3. The average Bonchev–Trinajstić information content (AvgIpc) is 3.02. The smallest absolute Gasteiger partial charge is 0.289 e. The lowest BCUT2D eigenvalue weighted by Crippen LogP contribution is -2.36. The molecular formula is C32H38FN3O6S2. The first-order chi connectivity index (χ1) is 21.0. The van der Waals surface area contributed by atoms with Gasteiger partial charge in [-0.1, -0.05) is 74.5 Å². The van der Waals surface area contributed by atoms with Crippen molar-refractivity contribution in [1.82, 2.24) is 14.7 Å². The summed E-state index contributed by atoms with van der Waals surface area (Å²) in [7, 11) is -4.61. The topological polar surface area (TPSA) is 124 Å². The second-order valence-corrected chi connectivity index (χ2v) is 12.7. The standard InChI is InChI=1S/C32H38FN3O6S2/c1-3-10-32(39)35(18-17-30(37)34-21-26(43)19-23-11-6-5-7-12-23)22-25-16-15-24(20-28(25)33)27-13-8-9-14-29(27)44(41,42)36(40)31(38)4-2/h5-9,11-16,20,26,40,43H,3-4,10,17-19,21-22H2,1-2H3,(H,34,37). The molecule has 236 valence electrons. The molecule has 0 aromatic heterocycles. The highest BCUT2D eigenvalue weighted by atomic mass is 32.2. The van der Waals surface area contributed by atoms with Crippen molar-refractivity contribution >= 4 is 40.4 Å². The van der Waals surface area contributed by atoms with Crippen molar-refractivity contribution in [2.75, 3.05) is 13.1 Å². The molecule has 0 radical (unpaired) electrons. The minimum Gasteiger partial charge on any atom is -0.355 e. The summed E-state index contributed by atoms with van der Waals surface area (Å²) >= 11 is 4.56. The first kappa shape index (κ1) is 34.7. The fourth-order valence-corrected chi connectivity index (χ4v) is 6.12. The monoisotopic (exact) mass is 643 g/mol. The van der Waals surface area contributed by atoms with Gasteiger partial charge in [-0.25, -0.2) is 4.39 Å². The van der Waals surface area contributed by atoms with Crippen LogP contribution in [-0.2, 0) is 37.4 Å². The Morgan fingerprint density at radius 1 is 0.955 bits per heavy atom. The van der Waals surface area contributed by atoms with Gasteiger partial charge in [0, 0.05) is 55.3 Å². The molecule has 3 aromatic carbocycles. The van der Waals surface area contributed by atoms with E-state index >= 15 is 4.39 Å². The molecule has 9 nitrogen and oxygen atoms in total. The number of hydrogen-bond donors (Lipinski definition) is 3. The summed E-state index contributed by atoms with van der Waals surface area (Å²) in [5.74, 6) is -2.17. The molecule has 3 rings (SSSR count). The zero-order valence-corrected chi connectivity index (χ0v) is 26.5. The van der Waals surface area contributed by atoms with Gasteiger partial charge >= 0.3 is 0 Å². The van der Waals surface area contributed by atoms with E-state index in [0.29, 0.717) is 19.4 Å². The van der Waals surface area contributed by atoms with E-state index in [0.717, 1.165) is 11.6 Å². The van der Waals surface area contributed by atoms with Crippen LogP contribution in [0.3, 0.4) is 0 Å². The number of carbonyl (C=O) groups is 3. The maximum atomic E-state index is 15.4. The first-order valence-electron chi connectivity index (χ1n) is 14.4. The predicted molar refractivity (Wildman–Crippen MR) is 169 cm³/mol. The van der Waals surface area contributed by atoms with Gasteiger partial charge in [0.25, 0.3) is 15.9 Å². The zero-order chi connectivity index (χ0) is 32.3. The number of halogens is 1. The molecule has 3 amide bonds. The maximum Gasteiger partial charge on any atom is 0.289 e. The lowest BCUT2D eigenvalue weighted by Gasteiger charge is -2.23. The van der Waals surface area contributed by atoms with Crippen LogP contribution in [0.1, 0.15) is 50.7 Å². The molecule has 0 bridgehead atoms. The molecule has 3 aromatic rings. The largest absolute Gasteiger partial charge is 0.355 e. The van der Waals surface area contributed by atoms with E-state index in [1.54, 1.807) is 6.07 Å². The van der Waals surface area contributed by atoms with Gasteiger partial charge in [-0.15, -0.1) is 4.47 Å². The van der Waals surface area contributed by atoms with Crippen LogP contribution in [0.15, 0.2) is 77.7 Å². The Morgan fingerprint density at radius 2 is 1.64 bits per heavy atom. The molecule has 1 unspecified atom stereocenters. The lowest BCUT2D eigenvalue weighted by molar-refractivity contribution is -0.145. The number of amides is 3. The Kier molecular flexibility index (Phi) is 12.9. The Bertz CT molecular complexity index is 1550. The Labute approximate surface area is 263 Å². The van der Waals surface area contributed by atoms with Crippen molar-refractivity contribution in [1.29, 1.82) is 0 Å². The number of hydroxylamine groups is 1. The Morgan fingerprint density at radius 3 is 2.30 bits per heavy atom. The number of rotatable bonds is 15. The molecule has 0 saturated heterocycles. The average molecular weight is 644 g/mol. The highest BCUT2D eigenvalue weighted by molar-refractivity contribution is 7.89. The minimum atomic E-state index is -4.61. The number of sulfonamides is 1. The van der Waals surface area contributed by atoms with Crippen molar-refractivity contribution in [2.45, 2.75) is 62.6 Å². The molecule has 0 spiro atoms. The molecule has 0 aliphatic heterocycles. The molecule has 44 heavy (non-hydrogen) atoms. The van der Waals surface area contributed by atoms with Crippen LogP contribution in [0.4, 0.5) is 4.39 Å². The van der Waals surface area contributed by atoms with E-state index in [1.807, 2.05) is 37.3 Å². The fourth-order valence-electron chi connectivity index (χ4n) is 4.52. The van der Waals surface area contributed by atoms with E-state index in [2.05, 4.69) is 17.9 Å². The fraction of sp³-hybridized carbons (Fsp3) is 0.344. The summed E-state index contributed by atoms with van der Waals surface area (Å²) in [6.07, 6.45) is 1.29. The summed E-state index contributed by atoms with van der Waals surface area (Å²) < 4.78 is 41.0. The van der Waals surface area contributed by atoms with Crippen LogP contribution in [0.5, 0.6) is 0 Å². The van der Waals surface area contributed by atoms with E-state index in [1.165, 1.54) is 42.2 Å². The van der Waals surface area contributed by atoms with E-state index in [4.69, 9.17) is 0 Å². The van der Waals surface area contributed by atoms with E-state index in [-0.39, 0.29) is 75.5 Å². The Hall–Kier alpha value is -3.74. The molecule has 1 atom stereocenters. The SMILES string of the molecule is CCCC(=O)N(CCC(=O)NCC(S)Cc1ccccc1)Cc1ccc(-c2ccccc2S(=O)(=O)N(O)C(=O)CC)cc1F. The predicted octanol–water partition coefficient (Wildman–Crippen LogP) is 4.99. The summed E-state index contributed by atoms with van der Waals surface area (Å²) in [4.78, 5) is 38.4. The lowest BCUT2D eigenvalue weighted by atomic mass is 10.0. The molecule has 0 heterocycles. The van der Waals surface area contributed by atoms with Gasteiger partial charge < -0.3 is 10.2 Å². The van der Waals surface area contributed by atoms with Crippen LogP contribution in [-0.4, -0.2) is 59.1 Å². The molecule has 0 aliphatic carbocycles. The molecule has 0 aliphatic rings. The normalized spacial score (nSPS) is 11.9. The van der Waals surface area contributed by atoms with Crippen LogP contribution in [0.2, 0.25) is 0 Å². The van der Waals surface area contributed by atoms with Crippen LogP contribution >= 0.6 is 12.6 Å². The van der Waals surface area contributed by atoms with Crippen molar-refractivity contribution in [2.24, 2.45) is 0 Å². The van der Waals surface area contributed by atoms with Gasteiger partial charge in [0.1, 0.15) is 5.82 Å². The number of thiol groups is 1. The maximum absolute atomic E-state index is 15.4. The van der Waals surface area contributed by atoms with Gasteiger partial charge in [-0.2, -0.15) is 21.0 Å². The number of nitrogens with one attached hydrogen (secondary N) is 1. The highest BCUT2D eigenvalue weighted by Gasteiger charge is 2.29. The van der Waals surface area contributed by atoms with Crippen LogP contribution in [0, 0.1) is 5.82 Å². The van der Waals surface area contributed by atoms with Crippen LogP contribution < -0.4 is 5.32 Å². The minimum absolute atomic E-state index is 0.0281. The number of benzene rings is 3. The number of nitrogens with zero attached hydrogens (tertiary/aromatic N) is 2. The van der Waals surface area contributed by atoms with Gasteiger partial charge in [-0.05, 0) is 36.1 Å². The highest BCUT2D eigenvalue weighted by Crippen LogP contribution is 2.30. The van der Waals surface area contributed by atoms with Gasteiger partial charge in [0.15, 0.2) is 0 Å². The summed E-state index contributed by atoms with van der Waals surface area (Å²) in [6, 6.07) is 19.5. The van der Waals surface area contributed by atoms with Crippen LogP contribution in [0.25, 0.3) is 11.1 Å². The number of hydrogen-bond acceptors (Lipinski definition) is 7. The van der Waals surface area contributed by atoms with Gasteiger partial charge in [0.05, 0.1) is 4.90 Å². The van der Waals surface area contributed by atoms with Gasteiger partial charge in [0.2, 0.25) is 11.8 Å². The quantitative estimate of drug-likeness (QED) is 0.122. The third-order valence-electron chi connectivity index (χ3n) is 6.91. The summed E-state index contributed by atoms with van der Waals surface area (Å²) in [5, 5.41) is 12.8. The molecule has 12 heteroatoms. The van der Waals surface area contributed by atoms with Crippen molar-refractivity contribution in [3.63, 3.8) is 0 Å². The van der Waals surface area contributed by atoms with E-state index in [9.17, 15) is 28.0 Å². The second kappa shape index (κ2) is 16.4. The van der Waals surface area contributed by atoms with Gasteiger partial charge in [-0.3, -0.25) is 19.6 Å². The molecule has 2 N–H and O–H groups in total. The van der Waals surface area contributed by atoms with Crippen molar-refractivity contribution in [3.8, 4) is 11.1 Å². The third-order valence-corrected chi connectivity index (χ3v) is 8.84. The Balaban J connectivity index is 1.71. The molecule has 0 fully saturated rings. The zero-order valence-electron chi connectivity index (χ0n) is 24.8. The van der Waals surface area contributed by atoms with E-state index < -0.39 is 21.7 Å². The number of carbonyl (C=O) groups excluding carboxylic acids is 3.